The number of carboxylic acids is 1. The maximum atomic E-state index is 10.9. The first kappa shape index (κ1) is 8.05. The molecule has 3 saturated heterocycles. The fourth-order valence-electron chi connectivity index (χ4n) is 2.41. The van der Waals surface area contributed by atoms with Gasteiger partial charge >= 0.3 is 5.97 Å². The smallest absolute Gasteiger partial charge is 0.320 e. The average molecular weight is 169 g/mol. The van der Waals surface area contributed by atoms with Gasteiger partial charge in [0.2, 0.25) is 0 Å². The third kappa shape index (κ3) is 1.33. The SMILES string of the molecule is O=C(O)C1CCC2CCN1CC2. The molecule has 3 nitrogen and oxygen atoms in total. The Labute approximate surface area is 72.4 Å². The number of carboxylic acid groups (broad SMARTS) is 1. The first-order valence-corrected chi connectivity index (χ1v) is 4.74. The van der Waals surface area contributed by atoms with E-state index in [1.165, 1.54) is 12.8 Å². The minimum Gasteiger partial charge on any atom is -0.480 e. The Kier molecular flexibility index (Phi) is 2.05. The van der Waals surface area contributed by atoms with Crippen LogP contribution in [0.3, 0.4) is 0 Å². The van der Waals surface area contributed by atoms with Crippen molar-refractivity contribution in [3.8, 4) is 0 Å². The predicted octanol–water partition coefficient (Wildman–Crippen LogP) is 0.945. The van der Waals surface area contributed by atoms with Gasteiger partial charge in [0.05, 0.1) is 0 Å². The molecule has 3 aliphatic rings. The van der Waals surface area contributed by atoms with E-state index in [1.54, 1.807) is 0 Å². The maximum Gasteiger partial charge on any atom is 0.320 e. The van der Waals surface area contributed by atoms with Crippen molar-refractivity contribution in [1.29, 1.82) is 0 Å². The van der Waals surface area contributed by atoms with Crippen molar-refractivity contribution >= 4 is 5.97 Å². The lowest BCUT2D eigenvalue weighted by Crippen LogP contribution is -2.42. The number of carbonyl (C=O) groups is 1. The van der Waals surface area contributed by atoms with Crippen molar-refractivity contribution in [2.75, 3.05) is 13.1 Å². The van der Waals surface area contributed by atoms with E-state index in [0.29, 0.717) is 0 Å². The van der Waals surface area contributed by atoms with E-state index in [9.17, 15) is 4.79 Å². The molecule has 3 heteroatoms. The minimum atomic E-state index is -0.627. The van der Waals surface area contributed by atoms with Crippen LogP contribution in [0.25, 0.3) is 0 Å². The van der Waals surface area contributed by atoms with E-state index in [2.05, 4.69) is 4.90 Å². The second-order valence-corrected chi connectivity index (χ2v) is 3.91. The van der Waals surface area contributed by atoms with Crippen LogP contribution in [-0.4, -0.2) is 35.1 Å². The molecule has 3 heterocycles. The van der Waals surface area contributed by atoms with Gasteiger partial charge < -0.3 is 5.11 Å². The minimum absolute atomic E-state index is 0.183. The van der Waals surface area contributed by atoms with Crippen LogP contribution in [0.4, 0.5) is 0 Å². The lowest BCUT2D eigenvalue weighted by molar-refractivity contribution is -0.143. The third-order valence-electron chi connectivity index (χ3n) is 3.22. The summed E-state index contributed by atoms with van der Waals surface area (Å²) in [5.41, 5.74) is 0. The molecule has 0 radical (unpaired) electrons. The molecule has 3 rings (SSSR count). The van der Waals surface area contributed by atoms with Gasteiger partial charge in [0.15, 0.2) is 0 Å². The summed E-state index contributed by atoms with van der Waals surface area (Å²) in [5, 5.41) is 8.94. The number of rotatable bonds is 1. The molecule has 0 aromatic rings. The molecule has 0 aliphatic carbocycles. The molecule has 0 saturated carbocycles. The lowest BCUT2D eigenvalue weighted by atomic mass is 9.95. The molecular formula is C9H15NO2. The van der Waals surface area contributed by atoms with E-state index in [4.69, 9.17) is 5.11 Å². The molecule has 1 N–H and O–H groups in total. The third-order valence-corrected chi connectivity index (χ3v) is 3.22. The highest BCUT2D eigenvalue weighted by atomic mass is 16.4. The molecular weight excluding hydrogens is 154 g/mol. The summed E-state index contributed by atoms with van der Waals surface area (Å²) in [4.78, 5) is 13.0. The largest absolute Gasteiger partial charge is 0.480 e. The fraction of sp³-hybridized carbons (Fsp3) is 0.889. The fourth-order valence-corrected chi connectivity index (χ4v) is 2.41. The summed E-state index contributed by atoms with van der Waals surface area (Å²) in [6.45, 7) is 2.00. The van der Waals surface area contributed by atoms with Gasteiger partial charge in [0.1, 0.15) is 6.04 Å². The Morgan fingerprint density at radius 1 is 1.17 bits per heavy atom. The van der Waals surface area contributed by atoms with Crippen molar-refractivity contribution < 1.29 is 9.90 Å². The zero-order chi connectivity index (χ0) is 8.55. The molecule has 1 unspecified atom stereocenters. The van der Waals surface area contributed by atoms with E-state index in [-0.39, 0.29) is 6.04 Å². The lowest BCUT2D eigenvalue weighted by Gasteiger charge is -2.29. The van der Waals surface area contributed by atoms with Gasteiger partial charge in [-0.25, -0.2) is 0 Å². The highest BCUT2D eigenvalue weighted by molar-refractivity contribution is 5.73. The number of nitrogens with zero attached hydrogens (tertiary/aromatic N) is 1. The van der Waals surface area contributed by atoms with Crippen LogP contribution in [0.15, 0.2) is 0 Å². The summed E-state index contributed by atoms with van der Waals surface area (Å²) in [6, 6.07) is -0.183. The zero-order valence-electron chi connectivity index (χ0n) is 7.20. The second kappa shape index (κ2) is 3.05. The number of aliphatic carboxylic acids is 1. The van der Waals surface area contributed by atoms with Crippen molar-refractivity contribution in [3.63, 3.8) is 0 Å². The van der Waals surface area contributed by atoms with Crippen LogP contribution in [0, 0.1) is 5.92 Å². The molecule has 3 fully saturated rings. The van der Waals surface area contributed by atoms with Gasteiger partial charge in [-0.2, -0.15) is 0 Å². The van der Waals surface area contributed by atoms with Gasteiger partial charge in [-0.3, -0.25) is 9.69 Å². The van der Waals surface area contributed by atoms with Crippen molar-refractivity contribution in [1.82, 2.24) is 4.90 Å². The van der Waals surface area contributed by atoms with Crippen molar-refractivity contribution in [2.45, 2.75) is 31.7 Å². The Bertz CT molecular complexity index is 185. The normalized spacial score (nSPS) is 40.8. The quantitative estimate of drug-likeness (QED) is 0.635. The molecule has 0 amide bonds. The van der Waals surface area contributed by atoms with Crippen LogP contribution in [0.1, 0.15) is 25.7 Å². The Morgan fingerprint density at radius 3 is 2.42 bits per heavy atom. The Balaban J connectivity index is 2.10. The summed E-state index contributed by atoms with van der Waals surface area (Å²) in [5.74, 6) is 0.183. The highest BCUT2D eigenvalue weighted by Gasteiger charge is 2.33. The van der Waals surface area contributed by atoms with Crippen LogP contribution in [0.2, 0.25) is 0 Å². The van der Waals surface area contributed by atoms with Crippen LogP contribution in [0.5, 0.6) is 0 Å². The predicted molar refractivity (Wildman–Crippen MR) is 45.0 cm³/mol. The van der Waals surface area contributed by atoms with E-state index < -0.39 is 5.97 Å². The van der Waals surface area contributed by atoms with Gasteiger partial charge in [0.25, 0.3) is 0 Å². The van der Waals surface area contributed by atoms with Crippen molar-refractivity contribution in [3.05, 3.63) is 0 Å². The topological polar surface area (TPSA) is 40.5 Å². The average Bonchev–Trinajstić information content (AvgIpc) is 2.36. The van der Waals surface area contributed by atoms with Crippen LogP contribution < -0.4 is 0 Å². The molecule has 0 spiro atoms. The van der Waals surface area contributed by atoms with E-state index in [1.807, 2.05) is 0 Å². The van der Waals surface area contributed by atoms with Crippen LogP contribution >= 0.6 is 0 Å². The first-order valence-electron chi connectivity index (χ1n) is 4.74. The standard InChI is InChI=1S/C9H15NO2/c11-9(12)8-2-1-7-3-5-10(8)6-4-7/h7-8H,1-6H2,(H,11,12). The molecule has 0 aromatic carbocycles. The monoisotopic (exact) mass is 169 g/mol. The van der Waals surface area contributed by atoms with Gasteiger partial charge in [-0.05, 0) is 44.7 Å². The molecule has 0 aromatic heterocycles. The zero-order valence-corrected chi connectivity index (χ0v) is 7.20. The molecule has 68 valence electrons. The van der Waals surface area contributed by atoms with E-state index in [0.717, 1.165) is 31.8 Å². The number of piperidine rings is 1. The first-order chi connectivity index (χ1) is 5.77. The summed E-state index contributed by atoms with van der Waals surface area (Å²) >= 11 is 0. The molecule has 3 aliphatic heterocycles. The van der Waals surface area contributed by atoms with Gasteiger partial charge in [-0.1, -0.05) is 0 Å². The maximum absolute atomic E-state index is 10.9. The van der Waals surface area contributed by atoms with Crippen molar-refractivity contribution in [2.24, 2.45) is 5.92 Å². The van der Waals surface area contributed by atoms with Crippen LogP contribution in [-0.2, 0) is 4.79 Å². The number of hydrogen-bond donors (Lipinski definition) is 1. The number of fused-ring (bicyclic) bond motifs is 4. The summed E-state index contributed by atoms with van der Waals surface area (Å²) in [7, 11) is 0. The Hall–Kier alpha value is -0.570. The van der Waals surface area contributed by atoms with Gasteiger partial charge in [-0.15, -0.1) is 0 Å². The second-order valence-electron chi connectivity index (χ2n) is 3.91. The molecule has 2 bridgehead atoms. The summed E-state index contributed by atoms with van der Waals surface area (Å²) < 4.78 is 0. The molecule has 12 heavy (non-hydrogen) atoms. The highest BCUT2D eigenvalue weighted by Crippen LogP contribution is 2.29. The van der Waals surface area contributed by atoms with E-state index >= 15 is 0 Å². The molecule has 1 atom stereocenters. The summed E-state index contributed by atoms with van der Waals surface area (Å²) in [6.07, 6.45) is 4.40. The number of hydrogen-bond acceptors (Lipinski definition) is 2. The Morgan fingerprint density at radius 2 is 1.83 bits per heavy atom. The van der Waals surface area contributed by atoms with Gasteiger partial charge in [0, 0.05) is 0 Å².